The molecule has 1 aromatic carbocycles. The van der Waals surface area contributed by atoms with Gasteiger partial charge in [0, 0.05) is 24.3 Å². The van der Waals surface area contributed by atoms with Crippen molar-refractivity contribution < 1.29 is 32.3 Å². The van der Waals surface area contributed by atoms with E-state index < -0.39 is 40.8 Å². The molecule has 8 nitrogen and oxygen atoms in total. The monoisotopic (exact) mass is 556 g/mol. The summed E-state index contributed by atoms with van der Waals surface area (Å²) in [4.78, 5) is 46.5. The standard InChI is InChI=1S/C29H31F3N4O4/c1-26(2,3)40-25(39)34-16-12-21-18(11-15-33-22(21)34)17-35-24(38)36(23(37)27(35,4)5)20-9-7-19(8-10-20)28(13-6-14-28)29(30,31)32/h7-12,15-16H,6,13-14,17H2,1-5H3. The molecule has 3 heterocycles. The first-order chi connectivity index (χ1) is 18.6. The van der Waals surface area contributed by atoms with Crippen molar-refractivity contribution in [2.24, 2.45) is 0 Å². The lowest BCUT2D eigenvalue weighted by Crippen LogP contribution is -2.47. The van der Waals surface area contributed by atoms with E-state index in [2.05, 4.69) is 4.98 Å². The van der Waals surface area contributed by atoms with Crippen LogP contribution < -0.4 is 4.90 Å². The van der Waals surface area contributed by atoms with E-state index in [4.69, 9.17) is 4.74 Å². The van der Waals surface area contributed by atoms with Gasteiger partial charge in [-0.05, 0) is 82.9 Å². The summed E-state index contributed by atoms with van der Waals surface area (Å²) >= 11 is 0. The Morgan fingerprint density at radius 3 is 2.23 bits per heavy atom. The number of urea groups is 1. The van der Waals surface area contributed by atoms with Gasteiger partial charge in [0.2, 0.25) is 0 Å². The average Bonchev–Trinajstić information content (AvgIpc) is 3.31. The van der Waals surface area contributed by atoms with Crippen molar-refractivity contribution in [2.75, 3.05) is 4.90 Å². The Morgan fingerprint density at radius 1 is 1.02 bits per heavy atom. The highest BCUT2D eigenvalue weighted by molar-refractivity contribution is 6.23. The highest BCUT2D eigenvalue weighted by Gasteiger charge is 2.59. The molecule has 1 saturated carbocycles. The molecule has 2 aromatic heterocycles. The van der Waals surface area contributed by atoms with Crippen molar-refractivity contribution in [3.05, 3.63) is 59.9 Å². The fourth-order valence-corrected chi connectivity index (χ4v) is 5.39. The third-order valence-electron chi connectivity index (χ3n) is 7.85. The van der Waals surface area contributed by atoms with E-state index in [9.17, 15) is 27.6 Å². The molecule has 1 aliphatic carbocycles. The number of aromatic nitrogens is 2. The van der Waals surface area contributed by atoms with Gasteiger partial charge in [0.15, 0.2) is 0 Å². The Labute approximate surface area is 229 Å². The molecule has 1 aliphatic heterocycles. The smallest absolute Gasteiger partial charge is 0.420 e. The minimum atomic E-state index is -4.37. The predicted molar refractivity (Wildman–Crippen MR) is 142 cm³/mol. The van der Waals surface area contributed by atoms with Crippen LogP contribution in [0, 0.1) is 0 Å². The number of pyridine rings is 1. The zero-order valence-electron chi connectivity index (χ0n) is 23.0. The summed E-state index contributed by atoms with van der Waals surface area (Å²) in [6.07, 6.45) is -1.37. The van der Waals surface area contributed by atoms with Crippen molar-refractivity contribution in [1.29, 1.82) is 0 Å². The second-order valence-corrected chi connectivity index (χ2v) is 11.9. The number of carbonyl (C=O) groups is 3. The van der Waals surface area contributed by atoms with Gasteiger partial charge in [-0.1, -0.05) is 18.6 Å². The van der Waals surface area contributed by atoms with Crippen LogP contribution in [0.4, 0.5) is 28.4 Å². The fraction of sp³-hybridized carbons (Fsp3) is 0.448. The van der Waals surface area contributed by atoms with Crippen LogP contribution in [0.1, 0.15) is 65.0 Å². The Balaban J connectivity index is 1.43. The molecule has 0 bridgehead atoms. The molecule has 0 unspecified atom stereocenters. The van der Waals surface area contributed by atoms with E-state index in [0.29, 0.717) is 23.0 Å². The number of nitrogens with zero attached hydrogens (tertiary/aromatic N) is 4. The summed E-state index contributed by atoms with van der Waals surface area (Å²) in [6, 6.07) is 8.36. The average molecular weight is 557 g/mol. The zero-order valence-corrected chi connectivity index (χ0v) is 23.0. The Kier molecular flexibility index (Phi) is 6.27. The number of alkyl halides is 3. The van der Waals surface area contributed by atoms with Gasteiger partial charge in [-0.2, -0.15) is 13.2 Å². The molecule has 3 amide bonds. The van der Waals surface area contributed by atoms with Crippen LogP contribution in [0.2, 0.25) is 0 Å². The summed E-state index contributed by atoms with van der Waals surface area (Å²) in [5.74, 6) is -0.490. The maximum Gasteiger partial charge on any atom is 0.420 e. The van der Waals surface area contributed by atoms with Crippen LogP contribution in [-0.4, -0.2) is 49.8 Å². The molecule has 0 spiro atoms. The first kappa shape index (κ1) is 27.7. The van der Waals surface area contributed by atoms with Gasteiger partial charge in [-0.15, -0.1) is 0 Å². The van der Waals surface area contributed by atoms with Gasteiger partial charge in [0.05, 0.1) is 11.1 Å². The lowest BCUT2D eigenvalue weighted by atomic mass is 9.64. The molecule has 0 N–H and O–H groups in total. The summed E-state index contributed by atoms with van der Waals surface area (Å²) in [6.45, 7) is 8.57. The number of amides is 3. The lowest BCUT2D eigenvalue weighted by Gasteiger charge is -2.43. The molecule has 3 aromatic rings. The van der Waals surface area contributed by atoms with Crippen LogP contribution >= 0.6 is 0 Å². The van der Waals surface area contributed by atoms with Gasteiger partial charge in [0.1, 0.15) is 16.8 Å². The van der Waals surface area contributed by atoms with E-state index in [1.807, 2.05) is 0 Å². The van der Waals surface area contributed by atoms with E-state index in [0.717, 1.165) is 4.90 Å². The highest BCUT2D eigenvalue weighted by atomic mass is 19.4. The zero-order chi connectivity index (χ0) is 29.3. The summed E-state index contributed by atoms with van der Waals surface area (Å²) < 4.78 is 48.1. The normalized spacial score (nSPS) is 18.8. The van der Waals surface area contributed by atoms with Gasteiger partial charge in [-0.25, -0.2) is 24.0 Å². The Hall–Kier alpha value is -3.89. The topological polar surface area (TPSA) is 84.7 Å². The maximum absolute atomic E-state index is 13.8. The molecular formula is C29H31F3N4O4. The van der Waals surface area contributed by atoms with Gasteiger partial charge < -0.3 is 9.64 Å². The van der Waals surface area contributed by atoms with Crippen LogP contribution in [0.25, 0.3) is 11.0 Å². The summed E-state index contributed by atoms with van der Waals surface area (Å²) in [5.41, 5.74) is -2.45. The number of benzene rings is 1. The second-order valence-electron chi connectivity index (χ2n) is 11.9. The van der Waals surface area contributed by atoms with E-state index >= 15 is 0 Å². The SMILES string of the molecule is CC(C)(C)OC(=O)n1ccc2c(CN3C(=O)N(c4ccc(C5(C(F)(F)F)CCC5)cc4)C(=O)C3(C)C)ccnc21. The van der Waals surface area contributed by atoms with Crippen LogP contribution in [-0.2, 0) is 21.5 Å². The number of ether oxygens (including phenoxy) is 1. The Bertz CT molecular complexity index is 1500. The molecule has 11 heteroatoms. The molecule has 212 valence electrons. The van der Waals surface area contributed by atoms with Gasteiger partial charge >= 0.3 is 18.3 Å². The second kappa shape index (κ2) is 9.07. The van der Waals surface area contributed by atoms with E-state index in [-0.39, 0.29) is 30.6 Å². The fourth-order valence-electron chi connectivity index (χ4n) is 5.39. The summed E-state index contributed by atoms with van der Waals surface area (Å²) in [7, 11) is 0. The van der Waals surface area contributed by atoms with E-state index in [1.165, 1.54) is 39.9 Å². The first-order valence-corrected chi connectivity index (χ1v) is 13.1. The number of halogens is 3. The number of hydrogen-bond donors (Lipinski definition) is 0. The van der Waals surface area contributed by atoms with Crippen LogP contribution in [0.5, 0.6) is 0 Å². The maximum atomic E-state index is 13.8. The third-order valence-corrected chi connectivity index (χ3v) is 7.85. The number of carbonyl (C=O) groups excluding carboxylic acids is 3. The van der Waals surface area contributed by atoms with Gasteiger partial charge in [-0.3, -0.25) is 4.79 Å². The lowest BCUT2D eigenvalue weighted by molar-refractivity contribution is -0.212. The molecule has 2 aliphatic rings. The van der Waals surface area contributed by atoms with Crippen molar-refractivity contribution in [3.63, 3.8) is 0 Å². The van der Waals surface area contributed by atoms with Crippen molar-refractivity contribution >= 4 is 34.8 Å². The van der Waals surface area contributed by atoms with Crippen LogP contribution in [0.15, 0.2) is 48.8 Å². The number of fused-ring (bicyclic) bond motifs is 1. The number of imide groups is 1. The van der Waals surface area contributed by atoms with Crippen molar-refractivity contribution in [1.82, 2.24) is 14.5 Å². The van der Waals surface area contributed by atoms with Crippen LogP contribution in [0.3, 0.4) is 0 Å². The molecular weight excluding hydrogens is 525 g/mol. The van der Waals surface area contributed by atoms with Gasteiger partial charge in [0.25, 0.3) is 5.91 Å². The van der Waals surface area contributed by atoms with Crippen molar-refractivity contribution in [2.45, 2.75) is 83.2 Å². The Morgan fingerprint density at radius 2 is 1.68 bits per heavy atom. The highest BCUT2D eigenvalue weighted by Crippen LogP contribution is 2.54. The first-order valence-electron chi connectivity index (χ1n) is 13.1. The molecule has 2 fully saturated rings. The number of hydrogen-bond acceptors (Lipinski definition) is 5. The quantitative estimate of drug-likeness (QED) is 0.340. The molecule has 0 radical (unpaired) electrons. The molecule has 40 heavy (non-hydrogen) atoms. The largest absolute Gasteiger partial charge is 0.443 e. The molecule has 5 rings (SSSR count). The molecule has 0 atom stereocenters. The summed E-state index contributed by atoms with van der Waals surface area (Å²) in [5, 5.41) is 0.616. The van der Waals surface area contributed by atoms with Crippen molar-refractivity contribution in [3.8, 4) is 0 Å². The molecule has 1 saturated heterocycles. The van der Waals surface area contributed by atoms with E-state index in [1.54, 1.807) is 52.9 Å². The minimum absolute atomic E-state index is 0.0221. The minimum Gasteiger partial charge on any atom is -0.443 e. The number of anilines is 1. The number of rotatable bonds is 4. The predicted octanol–water partition coefficient (Wildman–Crippen LogP) is 6.55. The third kappa shape index (κ3) is 4.31.